The maximum Gasteiger partial charge on any atom is 0.0505 e. The molecule has 1 heterocycles. The average molecular weight is 169 g/mol. The summed E-state index contributed by atoms with van der Waals surface area (Å²) in [6, 6.07) is 0.777. The lowest BCUT2D eigenvalue weighted by atomic mass is 9.76. The van der Waals surface area contributed by atoms with Crippen LogP contribution in [0.25, 0.3) is 0 Å². The zero-order valence-electron chi connectivity index (χ0n) is 7.88. The van der Waals surface area contributed by atoms with Crippen molar-refractivity contribution in [3.05, 3.63) is 0 Å². The van der Waals surface area contributed by atoms with Crippen LogP contribution in [-0.2, 0) is 4.74 Å². The summed E-state index contributed by atoms with van der Waals surface area (Å²) in [5, 5.41) is 3.61. The molecule has 2 rings (SSSR count). The van der Waals surface area contributed by atoms with Gasteiger partial charge in [0.2, 0.25) is 0 Å². The van der Waals surface area contributed by atoms with E-state index in [0.29, 0.717) is 0 Å². The lowest BCUT2D eigenvalue weighted by molar-refractivity contribution is 0.113. The van der Waals surface area contributed by atoms with Crippen molar-refractivity contribution >= 4 is 0 Å². The molecular weight excluding hydrogens is 150 g/mol. The molecule has 0 aromatic heterocycles. The number of hydrogen-bond donors (Lipinski definition) is 1. The molecule has 2 heteroatoms. The van der Waals surface area contributed by atoms with E-state index >= 15 is 0 Å². The van der Waals surface area contributed by atoms with Crippen molar-refractivity contribution in [3.63, 3.8) is 0 Å². The number of nitrogens with one attached hydrogen (secondary N) is 1. The largest absolute Gasteiger partial charge is 0.384 e. The fourth-order valence-corrected chi connectivity index (χ4v) is 2.53. The van der Waals surface area contributed by atoms with E-state index in [9.17, 15) is 0 Å². The fraction of sp³-hybridized carbons (Fsp3) is 1.00. The molecule has 12 heavy (non-hydrogen) atoms. The standard InChI is InChI=1S/C10H19NO/c1-12-7-9-5-6-11-10(9)8-3-2-4-8/h8-11H,2-7H2,1H3. The molecule has 1 aliphatic carbocycles. The van der Waals surface area contributed by atoms with Crippen molar-refractivity contribution in [2.75, 3.05) is 20.3 Å². The molecule has 0 radical (unpaired) electrons. The van der Waals surface area contributed by atoms with Gasteiger partial charge in [0.05, 0.1) is 6.61 Å². The molecule has 2 atom stereocenters. The highest BCUT2D eigenvalue weighted by molar-refractivity contribution is 4.91. The van der Waals surface area contributed by atoms with Crippen LogP contribution in [0.1, 0.15) is 25.7 Å². The topological polar surface area (TPSA) is 21.3 Å². The van der Waals surface area contributed by atoms with Gasteiger partial charge < -0.3 is 10.1 Å². The Labute approximate surface area is 74.7 Å². The van der Waals surface area contributed by atoms with Gasteiger partial charge in [-0.1, -0.05) is 6.42 Å². The van der Waals surface area contributed by atoms with Crippen LogP contribution in [0.15, 0.2) is 0 Å². The first-order valence-corrected chi connectivity index (χ1v) is 5.14. The molecule has 0 amide bonds. The molecule has 2 fully saturated rings. The van der Waals surface area contributed by atoms with E-state index in [4.69, 9.17) is 4.74 Å². The summed E-state index contributed by atoms with van der Waals surface area (Å²) in [5.74, 6) is 1.76. The van der Waals surface area contributed by atoms with Crippen molar-refractivity contribution in [2.45, 2.75) is 31.7 Å². The Bertz CT molecular complexity index is 145. The average Bonchev–Trinajstić information content (AvgIpc) is 2.35. The van der Waals surface area contributed by atoms with Crippen molar-refractivity contribution in [1.82, 2.24) is 5.32 Å². The molecule has 1 aliphatic heterocycles. The van der Waals surface area contributed by atoms with Gasteiger partial charge in [-0.3, -0.25) is 0 Å². The minimum Gasteiger partial charge on any atom is -0.384 e. The van der Waals surface area contributed by atoms with Gasteiger partial charge in [0.1, 0.15) is 0 Å². The Hall–Kier alpha value is -0.0800. The van der Waals surface area contributed by atoms with Crippen LogP contribution in [-0.4, -0.2) is 26.3 Å². The van der Waals surface area contributed by atoms with Gasteiger partial charge in [-0.25, -0.2) is 0 Å². The van der Waals surface area contributed by atoms with Crippen LogP contribution in [0.3, 0.4) is 0 Å². The van der Waals surface area contributed by atoms with E-state index in [2.05, 4.69) is 5.32 Å². The third-order valence-electron chi connectivity index (χ3n) is 3.44. The predicted octanol–water partition coefficient (Wildman–Crippen LogP) is 1.41. The SMILES string of the molecule is COCC1CCNC1C1CCC1. The summed E-state index contributed by atoms with van der Waals surface area (Å²) in [6.45, 7) is 2.16. The Balaban J connectivity index is 1.85. The Kier molecular flexibility index (Phi) is 2.66. The zero-order chi connectivity index (χ0) is 8.39. The van der Waals surface area contributed by atoms with Crippen molar-refractivity contribution in [3.8, 4) is 0 Å². The summed E-state index contributed by atoms with van der Waals surface area (Å²) >= 11 is 0. The molecule has 70 valence electrons. The van der Waals surface area contributed by atoms with Gasteiger partial charge in [-0.15, -0.1) is 0 Å². The van der Waals surface area contributed by atoms with Gasteiger partial charge in [0.15, 0.2) is 0 Å². The third kappa shape index (κ3) is 1.50. The fourth-order valence-electron chi connectivity index (χ4n) is 2.53. The first-order chi connectivity index (χ1) is 5.92. The summed E-state index contributed by atoms with van der Waals surface area (Å²) in [6.07, 6.45) is 5.65. The van der Waals surface area contributed by atoms with Gasteiger partial charge >= 0.3 is 0 Å². The lowest BCUT2D eigenvalue weighted by Crippen LogP contribution is -2.40. The van der Waals surface area contributed by atoms with E-state index in [1.54, 1.807) is 0 Å². The zero-order valence-corrected chi connectivity index (χ0v) is 7.88. The van der Waals surface area contributed by atoms with Gasteiger partial charge in [-0.2, -0.15) is 0 Å². The normalized spacial score (nSPS) is 36.8. The van der Waals surface area contributed by atoms with Crippen LogP contribution < -0.4 is 5.32 Å². The van der Waals surface area contributed by atoms with Gasteiger partial charge in [0.25, 0.3) is 0 Å². The second-order valence-corrected chi connectivity index (χ2v) is 4.17. The Morgan fingerprint density at radius 1 is 1.33 bits per heavy atom. The maximum absolute atomic E-state index is 5.23. The van der Waals surface area contributed by atoms with Crippen molar-refractivity contribution < 1.29 is 4.74 Å². The van der Waals surface area contributed by atoms with E-state index in [0.717, 1.165) is 24.5 Å². The second-order valence-electron chi connectivity index (χ2n) is 4.17. The van der Waals surface area contributed by atoms with Gasteiger partial charge in [-0.05, 0) is 37.6 Å². The Morgan fingerprint density at radius 3 is 2.75 bits per heavy atom. The van der Waals surface area contributed by atoms with Crippen molar-refractivity contribution in [2.24, 2.45) is 11.8 Å². The van der Waals surface area contributed by atoms with E-state index in [-0.39, 0.29) is 0 Å². The first kappa shape index (κ1) is 8.52. The molecule has 0 spiro atoms. The highest BCUT2D eigenvalue weighted by Crippen LogP contribution is 2.35. The molecule has 0 aromatic rings. The minimum absolute atomic E-state index is 0.777. The van der Waals surface area contributed by atoms with Gasteiger partial charge in [0, 0.05) is 13.2 Å². The number of methoxy groups -OCH3 is 1. The van der Waals surface area contributed by atoms with E-state index in [1.807, 2.05) is 7.11 Å². The van der Waals surface area contributed by atoms with E-state index < -0.39 is 0 Å². The third-order valence-corrected chi connectivity index (χ3v) is 3.44. The van der Waals surface area contributed by atoms with Crippen LogP contribution in [0.2, 0.25) is 0 Å². The van der Waals surface area contributed by atoms with Crippen LogP contribution in [0, 0.1) is 11.8 Å². The first-order valence-electron chi connectivity index (χ1n) is 5.14. The van der Waals surface area contributed by atoms with Crippen molar-refractivity contribution in [1.29, 1.82) is 0 Å². The highest BCUT2D eigenvalue weighted by atomic mass is 16.5. The molecule has 0 aromatic carbocycles. The summed E-state index contributed by atoms with van der Waals surface area (Å²) in [7, 11) is 1.82. The number of ether oxygens (including phenoxy) is 1. The predicted molar refractivity (Wildman–Crippen MR) is 49.1 cm³/mol. The summed E-state index contributed by atoms with van der Waals surface area (Å²) in [4.78, 5) is 0. The second kappa shape index (κ2) is 3.75. The van der Waals surface area contributed by atoms with Crippen LogP contribution >= 0.6 is 0 Å². The molecule has 1 saturated heterocycles. The molecule has 2 aliphatic rings. The smallest absolute Gasteiger partial charge is 0.0505 e. The van der Waals surface area contributed by atoms with E-state index in [1.165, 1.54) is 32.2 Å². The molecule has 1 saturated carbocycles. The lowest BCUT2D eigenvalue weighted by Gasteiger charge is -2.34. The molecule has 2 unspecified atom stereocenters. The number of hydrogen-bond acceptors (Lipinski definition) is 2. The summed E-state index contributed by atoms with van der Waals surface area (Å²) < 4.78 is 5.23. The minimum atomic E-state index is 0.777. The Morgan fingerprint density at radius 2 is 2.17 bits per heavy atom. The molecule has 1 N–H and O–H groups in total. The monoisotopic (exact) mass is 169 g/mol. The summed E-state index contributed by atoms with van der Waals surface area (Å²) in [5.41, 5.74) is 0. The molecule has 0 bridgehead atoms. The highest BCUT2D eigenvalue weighted by Gasteiger charge is 2.35. The van der Waals surface area contributed by atoms with Crippen LogP contribution in [0.5, 0.6) is 0 Å². The maximum atomic E-state index is 5.23. The molecular formula is C10H19NO. The van der Waals surface area contributed by atoms with Crippen LogP contribution in [0.4, 0.5) is 0 Å². The molecule has 2 nitrogen and oxygen atoms in total. The number of rotatable bonds is 3. The quantitative estimate of drug-likeness (QED) is 0.689.